The molecule has 0 bridgehead atoms. The van der Waals surface area contributed by atoms with E-state index in [1.165, 1.54) is 152 Å². The summed E-state index contributed by atoms with van der Waals surface area (Å²) in [4.78, 5) is 0. The van der Waals surface area contributed by atoms with Crippen LogP contribution in [0.25, 0.3) is 185 Å². The SMILES string of the molecule is Brc1ccc2cc(-c3ccc4ccc5ccccc5c4c3)ccc2c1.OB(O)c1c2ccccc2c(-c2cccc3ccccc23)c2ccccc12.c1ccc2c(-c3c4ccccc4c(-c4ccc5cc(-c6ccc7ccc8ccccc8c7c6)ccc5c4)c4ccccc34)cccc2c1. The average Bonchev–Trinajstić information content (AvgIpc) is 0.736. The van der Waals surface area contributed by atoms with E-state index in [4.69, 9.17) is 0 Å². The number of benzene rings is 20. The van der Waals surface area contributed by atoms with Gasteiger partial charge >= 0.3 is 7.12 Å². The van der Waals surface area contributed by atoms with Gasteiger partial charge in [-0.3, -0.25) is 0 Å². The van der Waals surface area contributed by atoms with Crippen molar-refractivity contribution < 1.29 is 10.0 Å². The molecule has 0 unspecified atom stereocenters. The van der Waals surface area contributed by atoms with E-state index in [2.05, 4.69) is 337 Å². The maximum Gasteiger partial charge on any atom is 0.489 e. The smallest absolute Gasteiger partial charge is 0.423 e. The lowest BCUT2D eigenvalue weighted by Crippen LogP contribution is -2.31. The number of rotatable bonds is 6. The Labute approximate surface area is 587 Å². The highest BCUT2D eigenvalue weighted by atomic mass is 79.9. The van der Waals surface area contributed by atoms with Crippen LogP contribution in [0, 0.1) is 0 Å². The van der Waals surface area contributed by atoms with E-state index in [-0.39, 0.29) is 0 Å². The molecular weight excluding hydrogens is 1280 g/mol. The highest BCUT2D eigenvalue weighted by molar-refractivity contribution is 9.10. The fourth-order valence-corrected chi connectivity index (χ4v) is 16.1. The minimum atomic E-state index is -1.53. The molecule has 0 aliphatic heterocycles. The van der Waals surface area contributed by atoms with Crippen molar-refractivity contribution in [2.75, 3.05) is 0 Å². The summed E-state index contributed by atoms with van der Waals surface area (Å²) in [7, 11) is -1.53. The third-order valence-electron chi connectivity index (χ3n) is 20.4. The second kappa shape index (κ2) is 25.4. The number of halogens is 1. The van der Waals surface area contributed by atoms with Gasteiger partial charge in [-0.05, 0) is 233 Å². The summed E-state index contributed by atoms with van der Waals surface area (Å²) in [6.07, 6.45) is 0. The first-order valence-electron chi connectivity index (χ1n) is 34.1. The second-order valence-corrected chi connectivity index (χ2v) is 27.0. The standard InChI is InChI=1S/C48H30.C24H17BO2.C24H15Br/c1-3-13-39-31(10-1)12-9-19-41(39)48-44-17-7-5-15-42(44)47(43-16-6-8-18-45(43)48)38-27-26-34-28-35(24-25-36(34)29-38)37-23-22-33-21-20-32-11-2-4-14-40(32)46(33)30-37;26-25(27)24-21-13-5-3-11-19(21)23(20-12-4-6-14-22(20)24)18-15-7-9-16-8-1-2-10-17(16)18;25-22-12-11-19-13-18(9-10-20(19)14-22)21-8-7-17-6-5-16-3-1-2-4-23(16)24(17)15-21/h1-30H;1-15,26-27H;1-15H. The van der Waals surface area contributed by atoms with Crippen LogP contribution in [0.5, 0.6) is 0 Å². The van der Waals surface area contributed by atoms with Gasteiger partial charge in [0.05, 0.1) is 0 Å². The van der Waals surface area contributed by atoms with Crippen molar-refractivity contribution in [2.45, 2.75) is 0 Å². The number of hydrogen-bond donors (Lipinski definition) is 2. The Balaban J connectivity index is 0.000000117. The minimum Gasteiger partial charge on any atom is -0.423 e. The van der Waals surface area contributed by atoms with Gasteiger partial charge in [0.1, 0.15) is 0 Å². The molecule has 0 radical (unpaired) electrons. The van der Waals surface area contributed by atoms with Crippen LogP contribution >= 0.6 is 15.9 Å². The highest BCUT2D eigenvalue weighted by Crippen LogP contribution is 2.47. The van der Waals surface area contributed by atoms with E-state index >= 15 is 0 Å². The van der Waals surface area contributed by atoms with Gasteiger partial charge in [-0.15, -0.1) is 0 Å². The van der Waals surface area contributed by atoms with Gasteiger partial charge in [-0.2, -0.15) is 0 Å². The van der Waals surface area contributed by atoms with Crippen molar-refractivity contribution in [3.05, 3.63) is 368 Å². The molecule has 0 aliphatic rings. The third-order valence-corrected chi connectivity index (χ3v) is 20.9. The first kappa shape index (κ1) is 60.4. The quantitative estimate of drug-likeness (QED) is 0.0990. The van der Waals surface area contributed by atoms with E-state index in [0.29, 0.717) is 5.46 Å². The normalized spacial score (nSPS) is 11.6. The topological polar surface area (TPSA) is 40.5 Å². The minimum absolute atomic E-state index is 0.560. The molecule has 20 aromatic rings. The van der Waals surface area contributed by atoms with E-state index in [9.17, 15) is 10.0 Å². The van der Waals surface area contributed by atoms with Crippen molar-refractivity contribution in [1.29, 1.82) is 0 Å². The van der Waals surface area contributed by atoms with Crippen molar-refractivity contribution in [3.63, 3.8) is 0 Å². The van der Waals surface area contributed by atoms with Gasteiger partial charge < -0.3 is 10.0 Å². The Morgan fingerprint density at radius 1 is 0.180 bits per heavy atom. The molecule has 2 N–H and O–H groups in total. The maximum absolute atomic E-state index is 10.1. The molecular formula is C96H62BBrO2. The molecule has 0 aliphatic carbocycles. The molecule has 4 heteroatoms. The summed E-state index contributed by atoms with van der Waals surface area (Å²) in [6.45, 7) is 0. The zero-order chi connectivity index (χ0) is 66.8. The van der Waals surface area contributed by atoms with E-state index in [1.54, 1.807) is 0 Å². The zero-order valence-corrected chi connectivity index (χ0v) is 56.1. The Morgan fingerprint density at radius 3 is 0.850 bits per heavy atom. The lowest BCUT2D eigenvalue weighted by atomic mass is 9.72. The monoisotopic (exact) mass is 1340 g/mol. The van der Waals surface area contributed by atoms with Crippen LogP contribution in [0.3, 0.4) is 0 Å². The highest BCUT2D eigenvalue weighted by Gasteiger charge is 2.24. The van der Waals surface area contributed by atoms with Crippen LogP contribution in [0.1, 0.15) is 0 Å². The first-order chi connectivity index (χ1) is 49.3. The second-order valence-electron chi connectivity index (χ2n) is 26.1. The molecule has 2 nitrogen and oxygen atoms in total. The Bertz CT molecular complexity index is 6550. The van der Waals surface area contributed by atoms with Crippen molar-refractivity contribution in [2.24, 2.45) is 0 Å². The van der Waals surface area contributed by atoms with Crippen LogP contribution < -0.4 is 5.46 Å². The summed E-state index contributed by atoms with van der Waals surface area (Å²) in [5.74, 6) is 0. The molecule has 0 saturated carbocycles. The van der Waals surface area contributed by atoms with E-state index < -0.39 is 7.12 Å². The summed E-state index contributed by atoms with van der Waals surface area (Å²) < 4.78 is 1.12. The van der Waals surface area contributed by atoms with E-state index in [0.717, 1.165) is 37.1 Å². The molecule has 20 aromatic carbocycles. The van der Waals surface area contributed by atoms with E-state index in [1.807, 2.05) is 42.5 Å². The molecule has 0 saturated heterocycles. The van der Waals surface area contributed by atoms with Gasteiger partial charge in [-0.25, -0.2) is 0 Å². The molecule has 0 amide bonds. The molecule has 100 heavy (non-hydrogen) atoms. The predicted molar refractivity (Wildman–Crippen MR) is 434 cm³/mol. The Hall–Kier alpha value is -12.0. The molecule has 468 valence electrons. The lowest BCUT2D eigenvalue weighted by molar-refractivity contribution is 0.426. The summed E-state index contributed by atoms with van der Waals surface area (Å²) in [6, 6.07) is 131. The van der Waals surface area contributed by atoms with Gasteiger partial charge in [0.2, 0.25) is 0 Å². The molecule has 0 fully saturated rings. The van der Waals surface area contributed by atoms with Gasteiger partial charge in [-0.1, -0.05) is 337 Å². The summed E-state index contributed by atoms with van der Waals surface area (Å²) in [5, 5.41) is 49.4. The summed E-state index contributed by atoms with van der Waals surface area (Å²) >= 11 is 3.55. The number of hydrogen-bond acceptors (Lipinski definition) is 2. The Kier molecular flexibility index (Phi) is 15.4. The molecule has 0 aromatic heterocycles. The third kappa shape index (κ3) is 10.8. The maximum atomic E-state index is 10.1. The van der Waals surface area contributed by atoms with Crippen LogP contribution in [0.4, 0.5) is 0 Å². The van der Waals surface area contributed by atoms with Crippen molar-refractivity contribution >= 4 is 158 Å². The van der Waals surface area contributed by atoms with Crippen molar-refractivity contribution in [1.82, 2.24) is 0 Å². The molecule has 0 heterocycles. The fraction of sp³-hybridized carbons (Fsp3) is 0. The molecule has 0 spiro atoms. The van der Waals surface area contributed by atoms with Crippen LogP contribution in [-0.2, 0) is 0 Å². The summed E-state index contributed by atoms with van der Waals surface area (Å²) in [5.41, 5.74) is 12.9. The van der Waals surface area contributed by atoms with Gasteiger partial charge in [0.25, 0.3) is 0 Å². The average molecular weight is 1340 g/mol. The Morgan fingerprint density at radius 2 is 0.440 bits per heavy atom. The fourth-order valence-electron chi connectivity index (χ4n) is 15.7. The van der Waals surface area contributed by atoms with Gasteiger partial charge in [0.15, 0.2) is 0 Å². The lowest BCUT2D eigenvalue weighted by Gasteiger charge is -2.19. The zero-order valence-electron chi connectivity index (χ0n) is 54.5. The predicted octanol–water partition coefficient (Wildman–Crippen LogP) is 25.7. The molecule has 20 rings (SSSR count). The van der Waals surface area contributed by atoms with Crippen LogP contribution in [0.2, 0.25) is 0 Å². The van der Waals surface area contributed by atoms with Crippen LogP contribution in [-0.4, -0.2) is 17.2 Å². The number of fused-ring (bicyclic) bond motifs is 14. The van der Waals surface area contributed by atoms with Crippen LogP contribution in [0.15, 0.2) is 368 Å². The molecule has 0 atom stereocenters. The first-order valence-corrected chi connectivity index (χ1v) is 34.9. The largest absolute Gasteiger partial charge is 0.489 e. The van der Waals surface area contributed by atoms with Gasteiger partial charge in [0, 0.05) is 4.47 Å². The van der Waals surface area contributed by atoms with Crippen molar-refractivity contribution in [3.8, 4) is 55.6 Å².